The zero-order valence-corrected chi connectivity index (χ0v) is 17.9. The summed E-state index contributed by atoms with van der Waals surface area (Å²) in [5.41, 5.74) is 1.43. The molecule has 2 N–H and O–H groups in total. The van der Waals surface area contributed by atoms with Crippen molar-refractivity contribution in [2.75, 3.05) is 28.4 Å². The fourth-order valence-electron chi connectivity index (χ4n) is 3.25. The van der Waals surface area contributed by atoms with E-state index in [4.69, 9.17) is 14.2 Å². The van der Waals surface area contributed by atoms with E-state index in [1.165, 1.54) is 18.4 Å². The largest absolute Gasteiger partial charge is 0.493 e. The molecule has 0 radical (unpaired) electrons. The topological polar surface area (TPSA) is 94.9 Å². The number of thiophene rings is 1. The number of hydrogen-bond donors (Lipinski definition) is 2. The van der Waals surface area contributed by atoms with Crippen LogP contribution in [0, 0.1) is 6.92 Å². The van der Waals surface area contributed by atoms with Crippen LogP contribution in [0.15, 0.2) is 23.0 Å². The Bertz CT molecular complexity index is 1110. The Labute approximate surface area is 172 Å². The number of esters is 1. The third-order valence-electron chi connectivity index (χ3n) is 4.64. The van der Waals surface area contributed by atoms with E-state index in [9.17, 15) is 9.59 Å². The van der Waals surface area contributed by atoms with E-state index >= 15 is 0 Å². The zero-order chi connectivity index (χ0) is 21.1. The first-order valence-corrected chi connectivity index (χ1v) is 9.82. The van der Waals surface area contributed by atoms with Crippen LogP contribution in [0.4, 0.5) is 0 Å². The number of benzene rings is 1. The van der Waals surface area contributed by atoms with Gasteiger partial charge in [-0.25, -0.2) is 9.78 Å². The third kappa shape index (κ3) is 4.25. The summed E-state index contributed by atoms with van der Waals surface area (Å²) in [6.07, 6.45) is 0. The van der Waals surface area contributed by atoms with Crippen LogP contribution >= 0.6 is 11.3 Å². The van der Waals surface area contributed by atoms with Gasteiger partial charge in [-0.05, 0) is 30.7 Å². The van der Waals surface area contributed by atoms with Crippen molar-refractivity contribution in [2.24, 2.45) is 0 Å². The van der Waals surface area contributed by atoms with E-state index < -0.39 is 5.97 Å². The van der Waals surface area contributed by atoms with Crippen LogP contribution < -0.4 is 19.9 Å². The van der Waals surface area contributed by atoms with Crippen molar-refractivity contribution in [3.63, 3.8) is 0 Å². The van der Waals surface area contributed by atoms with Crippen LogP contribution in [0.25, 0.3) is 10.2 Å². The Balaban J connectivity index is 1.82. The summed E-state index contributed by atoms with van der Waals surface area (Å²) >= 11 is 1.18. The predicted octanol–water partition coefficient (Wildman–Crippen LogP) is 1.31. The molecule has 3 aromatic rings. The molecule has 0 bridgehead atoms. The summed E-state index contributed by atoms with van der Waals surface area (Å²) in [4.78, 5) is 33.9. The van der Waals surface area contributed by atoms with Crippen molar-refractivity contribution in [3.8, 4) is 11.5 Å². The Morgan fingerprint density at radius 1 is 1.17 bits per heavy atom. The SMILES string of the molecule is COC(=O)c1sc2nc(C[NH+](C)Cc3ccc(OC)c(OC)c3)[nH]c(=O)c2c1C. The van der Waals surface area contributed by atoms with E-state index in [1.807, 2.05) is 25.2 Å². The molecule has 0 aliphatic heterocycles. The first-order chi connectivity index (χ1) is 13.9. The van der Waals surface area contributed by atoms with E-state index in [1.54, 1.807) is 21.1 Å². The summed E-state index contributed by atoms with van der Waals surface area (Å²) in [5.74, 6) is 1.47. The average Bonchev–Trinajstić information content (AvgIpc) is 3.03. The van der Waals surface area contributed by atoms with Crippen LogP contribution in [-0.2, 0) is 17.8 Å². The second-order valence-corrected chi connectivity index (χ2v) is 7.74. The van der Waals surface area contributed by atoms with E-state index in [0.29, 0.717) is 51.1 Å². The monoisotopic (exact) mass is 418 g/mol. The van der Waals surface area contributed by atoms with Gasteiger partial charge in [-0.15, -0.1) is 11.3 Å². The van der Waals surface area contributed by atoms with Gasteiger partial charge in [-0.3, -0.25) is 4.79 Å². The summed E-state index contributed by atoms with van der Waals surface area (Å²) < 4.78 is 15.4. The zero-order valence-electron chi connectivity index (χ0n) is 17.0. The minimum absolute atomic E-state index is 0.243. The number of aromatic amines is 1. The van der Waals surface area contributed by atoms with Gasteiger partial charge >= 0.3 is 5.97 Å². The first kappa shape index (κ1) is 20.8. The van der Waals surface area contributed by atoms with Crippen LogP contribution in [0.2, 0.25) is 0 Å². The molecular weight excluding hydrogens is 394 g/mol. The number of ether oxygens (including phenoxy) is 3. The van der Waals surface area contributed by atoms with Gasteiger partial charge in [-0.2, -0.15) is 0 Å². The van der Waals surface area contributed by atoms with Crippen molar-refractivity contribution in [1.82, 2.24) is 9.97 Å². The third-order valence-corrected chi connectivity index (χ3v) is 5.81. The Hall–Kier alpha value is -2.91. The number of quaternary nitrogens is 1. The molecule has 9 heteroatoms. The van der Waals surface area contributed by atoms with Crippen LogP contribution in [0.5, 0.6) is 11.5 Å². The number of nitrogens with zero attached hydrogens (tertiary/aromatic N) is 1. The van der Waals surface area contributed by atoms with Gasteiger partial charge in [0.25, 0.3) is 5.56 Å². The number of carbonyl (C=O) groups excluding carboxylic acids is 1. The number of methoxy groups -OCH3 is 3. The standard InChI is InChI=1S/C20H23N3O5S/c1-11-16-18(24)21-15(22-19(16)29-17(11)20(25)28-5)10-23(2)9-12-6-7-13(26-3)14(8-12)27-4/h6-8H,9-10H2,1-5H3,(H,21,22,24)/p+1. The lowest BCUT2D eigenvalue weighted by atomic mass is 10.2. The predicted molar refractivity (Wildman–Crippen MR) is 110 cm³/mol. The fourth-order valence-corrected chi connectivity index (χ4v) is 4.37. The molecule has 3 rings (SSSR count). The van der Waals surface area contributed by atoms with Gasteiger partial charge < -0.3 is 24.1 Å². The number of hydrogen-bond acceptors (Lipinski definition) is 7. The lowest BCUT2D eigenvalue weighted by molar-refractivity contribution is -0.908. The van der Waals surface area contributed by atoms with Crippen molar-refractivity contribution >= 4 is 27.5 Å². The minimum atomic E-state index is -0.456. The maximum Gasteiger partial charge on any atom is 0.348 e. The molecular formula is C20H24N3O5S+. The molecule has 29 heavy (non-hydrogen) atoms. The van der Waals surface area contributed by atoms with Crippen LogP contribution in [-0.4, -0.2) is 44.3 Å². The number of aromatic nitrogens is 2. The summed E-state index contributed by atoms with van der Waals surface area (Å²) in [6, 6.07) is 5.79. The smallest absolute Gasteiger partial charge is 0.348 e. The number of rotatable bonds is 7. The lowest BCUT2D eigenvalue weighted by Crippen LogP contribution is -3.06. The van der Waals surface area contributed by atoms with Crippen molar-refractivity contribution in [2.45, 2.75) is 20.0 Å². The molecule has 154 valence electrons. The van der Waals surface area contributed by atoms with Gasteiger partial charge in [0.1, 0.15) is 22.8 Å². The molecule has 2 aromatic heterocycles. The van der Waals surface area contributed by atoms with E-state index in [2.05, 4.69) is 9.97 Å². The number of fused-ring (bicyclic) bond motifs is 1. The quantitative estimate of drug-likeness (QED) is 0.562. The van der Waals surface area contributed by atoms with Gasteiger partial charge in [0.05, 0.1) is 33.8 Å². The number of H-pyrrole nitrogens is 1. The highest BCUT2D eigenvalue weighted by Crippen LogP contribution is 2.28. The molecule has 8 nitrogen and oxygen atoms in total. The van der Waals surface area contributed by atoms with Gasteiger partial charge in [0, 0.05) is 5.56 Å². The Morgan fingerprint density at radius 2 is 1.90 bits per heavy atom. The number of nitrogens with one attached hydrogen (secondary N) is 2. The highest BCUT2D eigenvalue weighted by atomic mass is 32.1. The molecule has 1 atom stereocenters. The van der Waals surface area contributed by atoms with Crippen molar-refractivity contribution in [1.29, 1.82) is 0 Å². The molecule has 0 fully saturated rings. The molecule has 1 aromatic carbocycles. The maximum absolute atomic E-state index is 12.6. The molecule has 0 aliphatic carbocycles. The Kier molecular flexibility index (Phi) is 6.19. The molecule has 0 amide bonds. The Morgan fingerprint density at radius 3 is 2.55 bits per heavy atom. The van der Waals surface area contributed by atoms with Crippen LogP contribution in [0.1, 0.15) is 26.6 Å². The maximum atomic E-state index is 12.6. The molecule has 2 heterocycles. The fraction of sp³-hybridized carbons (Fsp3) is 0.350. The summed E-state index contributed by atoms with van der Waals surface area (Å²) in [6.45, 7) is 2.96. The molecule has 0 saturated carbocycles. The lowest BCUT2D eigenvalue weighted by Gasteiger charge is -2.15. The van der Waals surface area contributed by atoms with Gasteiger partial charge in [-0.1, -0.05) is 0 Å². The summed E-state index contributed by atoms with van der Waals surface area (Å²) in [7, 11) is 6.54. The van der Waals surface area contributed by atoms with E-state index in [0.717, 1.165) is 10.5 Å². The minimum Gasteiger partial charge on any atom is -0.493 e. The van der Waals surface area contributed by atoms with Crippen molar-refractivity contribution in [3.05, 3.63) is 50.4 Å². The molecule has 0 aliphatic rings. The second-order valence-electron chi connectivity index (χ2n) is 6.74. The van der Waals surface area contributed by atoms with Crippen LogP contribution in [0.3, 0.4) is 0 Å². The van der Waals surface area contributed by atoms with Gasteiger partial charge in [0.15, 0.2) is 17.3 Å². The van der Waals surface area contributed by atoms with E-state index in [-0.39, 0.29) is 5.56 Å². The molecule has 1 unspecified atom stereocenters. The first-order valence-electron chi connectivity index (χ1n) is 9.00. The van der Waals surface area contributed by atoms with Crippen molar-refractivity contribution < 1.29 is 23.9 Å². The van der Waals surface area contributed by atoms with Gasteiger partial charge in [0.2, 0.25) is 0 Å². The highest BCUT2D eigenvalue weighted by molar-refractivity contribution is 7.20. The summed E-state index contributed by atoms with van der Waals surface area (Å²) in [5, 5.41) is 0.441. The molecule has 0 saturated heterocycles. The molecule has 0 spiro atoms. The number of aryl methyl sites for hydroxylation is 1. The normalized spacial score (nSPS) is 12.0. The second kappa shape index (κ2) is 8.62. The highest BCUT2D eigenvalue weighted by Gasteiger charge is 2.20. The number of carbonyl (C=O) groups is 1. The average molecular weight is 418 g/mol.